The molecule has 1 unspecified atom stereocenters. The number of aromatic nitrogens is 4. The second kappa shape index (κ2) is 12.6. The predicted octanol–water partition coefficient (Wildman–Crippen LogP) is 1.51. The Bertz CT molecular complexity index is 1110. The SMILES string of the molecule is CCNC(=O)C1CCC(CC#Cc2nc(N)c3ncn([C@@H](C)O[C@H](C(=O)NCC)C(C)O)c3n2)CC1. The smallest absolute Gasteiger partial charge is 0.251 e. The van der Waals surface area contributed by atoms with Crippen LogP contribution in [0.15, 0.2) is 6.33 Å². The van der Waals surface area contributed by atoms with Crippen LogP contribution < -0.4 is 16.4 Å². The molecule has 1 aliphatic rings. The maximum Gasteiger partial charge on any atom is 0.251 e. The number of fused-ring (bicyclic) bond motifs is 1. The van der Waals surface area contributed by atoms with Crippen LogP contribution in [-0.4, -0.2) is 61.7 Å². The number of nitrogens with two attached hydrogens (primary N) is 1. The van der Waals surface area contributed by atoms with E-state index in [0.717, 1.165) is 25.7 Å². The van der Waals surface area contributed by atoms with Crippen LogP contribution in [0, 0.1) is 23.7 Å². The van der Waals surface area contributed by atoms with Gasteiger partial charge in [-0.25, -0.2) is 15.0 Å². The van der Waals surface area contributed by atoms with E-state index in [2.05, 4.69) is 37.4 Å². The molecule has 5 N–H and O–H groups in total. The number of carbonyl (C=O) groups is 2. The van der Waals surface area contributed by atoms with Gasteiger partial charge in [0.15, 0.2) is 17.6 Å². The molecule has 0 radical (unpaired) electrons. The van der Waals surface area contributed by atoms with Gasteiger partial charge in [0.1, 0.15) is 11.7 Å². The monoisotopic (exact) mass is 499 g/mol. The molecule has 2 heterocycles. The topological polar surface area (TPSA) is 157 Å². The number of aliphatic hydroxyl groups excluding tert-OH is 1. The van der Waals surface area contributed by atoms with Gasteiger partial charge in [0.2, 0.25) is 11.7 Å². The molecule has 11 heteroatoms. The van der Waals surface area contributed by atoms with Crippen molar-refractivity contribution in [2.24, 2.45) is 11.8 Å². The molecule has 1 aliphatic carbocycles. The number of anilines is 1. The Morgan fingerprint density at radius 2 is 1.89 bits per heavy atom. The van der Waals surface area contributed by atoms with Crippen molar-refractivity contribution in [3.05, 3.63) is 12.2 Å². The minimum atomic E-state index is -1.06. The van der Waals surface area contributed by atoms with Crippen LogP contribution in [0.1, 0.15) is 71.9 Å². The molecule has 196 valence electrons. The van der Waals surface area contributed by atoms with E-state index in [4.69, 9.17) is 10.5 Å². The molecule has 11 nitrogen and oxygen atoms in total. The summed E-state index contributed by atoms with van der Waals surface area (Å²) in [6.07, 6.45) is 3.19. The summed E-state index contributed by atoms with van der Waals surface area (Å²) in [5, 5.41) is 15.6. The molecule has 3 atom stereocenters. The maximum atomic E-state index is 12.3. The van der Waals surface area contributed by atoms with Crippen LogP contribution >= 0.6 is 0 Å². The average molecular weight is 500 g/mol. The zero-order chi connectivity index (χ0) is 26.2. The Kier molecular flexibility index (Phi) is 9.61. The van der Waals surface area contributed by atoms with Crippen molar-refractivity contribution in [1.82, 2.24) is 30.2 Å². The van der Waals surface area contributed by atoms with Crippen molar-refractivity contribution in [3.63, 3.8) is 0 Å². The molecule has 2 amide bonds. The Hall–Kier alpha value is -3.23. The molecule has 1 saturated carbocycles. The van der Waals surface area contributed by atoms with E-state index >= 15 is 0 Å². The van der Waals surface area contributed by atoms with Gasteiger partial charge in [-0.1, -0.05) is 5.92 Å². The lowest BCUT2D eigenvalue weighted by molar-refractivity contribution is -0.150. The first-order chi connectivity index (χ1) is 17.2. The Morgan fingerprint density at radius 3 is 2.53 bits per heavy atom. The number of nitrogens with one attached hydrogen (secondary N) is 2. The zero-order valence-corrected chi connectivity index (χ0v) is 21.5. The molecular weight excluding hydrogens is 462 g/mol. The van der Waals surface area contributed by atoms with Crippen molar-refractivity contribution in [2.75, 3.05) is 18.8 Å². The Balaban J connectivity index is 1.70. The van der Waals surface area contributed by atoms with Crippen LogP contribution in [0.25, 0.3) is 11.2 Å². The number of carbonyl (C=O) groups excluding carboxylic acids is 2. The molecule has 0 spiro atoms. The van der Waals surface area contributed by atoms with Crippen LogP contribution in [0.5, 0.6) is 0 Å². The van der Waals surface area contributed by atoms with Gasteiger partial charge in [-0.05, 0) is 65.2 Å². The summed E-state index contributed by atoms with van der Waals surface area (Å²) in [7, 11) is 0. The molecule has 2 aromatic heterocycles. The van der Waals surface area contributed by atoms with Gasteiger partial charge in [0.25, 0.3) is 5.91 Å². The number of hydrogen-bond donors (Lipinski definition) is 4. The third kappa shape index (κ3) is 6.71. The quantitative estimate of drug-likeness (QED) is 0.378. The molecular formula is C25H37N7O4. The van der Waals surface area contributed by atoms with Crippen LogP contribution in [0.4, 0.5) is 5.82 Å². The fourth-order valence-corrected chi connectivity index (χ4v) is 4.43. The minimum Gasteiger partial charge on any atom is -0.390 e. The standard InChI is InChI=1S/C25H37N7O4/c1-5-27-24(34)18-12-10-17(11-13-18)8-7-9-19-30-22(26)20-23(31-19)32(14-29-20)16(4)36-21(15(3)33)25(35)28-6-2/h14-18,21,33H,5-6,8,10-13H2,1-4H3,(H,27,34)(H,28,35)(H2,26,30,31)/t15?,16-,17?,18?,21+/m1/s1. The highest BCUT2D eigenvalue weighted by atomic mass is 16.5. The number of ether oxygens (including phenoxy) is 1. The van der Waals surface area contributed by atoms with Crippen LogP contribution in [0.3, 0.4) is 0 Å². The minimum absolute atomic E-state index is 0.102. The van der Waals surface area contributed by atoms with Crippen molar-refractivity contribution in [1.29, 1.82) is 0 Å². The fraction of sp³-hybridized carbons (Fsp3) is 0.640. The summed E-state index contributed by atoms with van der Waals surface area (Å²) in [5.74, 6) is 6.96. The summed E-state index contributed by atoms with van der Waals surface area (Å²) >= 11 is 0. The Labute approximate surface area is 211 Å². The van der Waals surface area contributed by atoms with Gasteiger partial charge < -0.3 is 26.2 Å². The van der Waals surface area contributed by atoms with E-state index < -0.39 is 24.3 Å². The molecule has 2 aromatic rings. The second-order valence-corrected chi connectivity index (χ2v) is 9.17. The van der Waals surface area contributed by atoms with E-state index in [1.165, 1.54) is 13.3 Å². The van der Waals surface area contributed by atoms with E-state index in [0.29, 0.717) is 36.6 Å². The van der Waals surface area contributed by atoms with Gasteiger partial charge in [0.05, 0.1) is 12.4 Å². The molecule has 0 bridgehead atoms. The van der Waals surface area contributed by atoms with Crippen molar-refractivity contribution in [3.8, 4) is 11.8 Å². The number of nitrogen functional groups attached to an aromatic ring is 1. The molecule has 3 rings (SSSR count). The highest BCUT2D eigenvalue weighted by Gasteiger charge is 2.28. The molecule has 36 heavy (non-hydrogen) atoms. The molecule has 1 fully saturated rings. The largest absolute Gasteiger partial charge is 0.390 e. The predicted molar refractivity (Wildman–Crippen MR) is 135 cm³/mol. The number of imidazole rings is 1. The molecule has 0 aliphatic heterocycles. The lowest BCUT2D eigenvalue weighted by Crippen LogP contribution is -2.43. The lowest BCUT2D eigenvalue weighted by atomic mass is 9.80. The van der Waals surface area contributed by atoms with E-state index in [-0.39, 0.29) is 23.5 Å². The fourth-order valence-electron chi connectivity index (χ4n) is 4.43. The molecule has 0 aromatic carbocycles. The van der Waals surface area contributed by atoms with Crippen LogP contribution in [0.2, 0.25) is 0 Å². The van der Waals surface area contributed by atoms with Gasteiger partial charge >= 0.3 is 0 Å². The summed E-state index contributed by atoms with van der Waals surface area (Å²) < 4.78 is 7.49. The van der Waals surface area contributed by atoms with Crippen LogP contribution in [-0.2, 0) is 14.3 Å². The first-order valence-corrected chi connectivity index (χ1v) is 12.6. The van der Waals surface area contributed by atoms with Gasteiger partial charge in [-0.2, -0.15) is 0 Å². The maximum absolute atomic E-state index is 12.3. The third-order valence-corrected chi connectivity index (χ3v) is 6.39. The Morgan fingerprint density at radius 1 is 1.19 bits per heavy atom. The summed E-state index contributed by atoms with van der Waals surface area (Å²) in [5.41, 5.74) is 6.95. The average Bonchev–Trinajstić information content (AvgIpc) is 3.27. The first-order valence-electron chi connectivity index (χ1n) is 12.6. The van der Waals surface area contributed by atoms with Gasteiger partial charge in [-0.3, -0.25) is 14.2 Å². The number of rotatable bonds is 9. The number of aliphatic hydroxyl groups is 1. The van der Waals surface area contributed by atoms with Crippen molar-refractivity contribution in [2.45, 2.75) is 78.2 Å². The number of likely N-dealkylation sites (N-methyl/N-ethyl adjacent to an activating group) is 1. The lowest BCUT2D eigenvalue weighted by Gasteiger charge is -2.26. The zero-order valence-electron chi connectivity index (χ0n) is 21.5. The van der Waals surface area contributed by atoms with Crippen molar-refractivity contribution >= 4 is 28.8 Å². The highest BCUT2D eigenvalue weighted by molar-refractivity contribution is 5.82. The number of nitrogens with zero attached hydrogens (tertiary/aromatic N) is 4. The van der Waals surface area contributed by atoms with E-state index in [1.54, 1.807) is 18.4 Å². The van der Waals surface area contributed by atoms with Gasteiger partial charge in [0, 0.05) is 25.4 Å². The van der Waals surface area contributed by atoms with Gasteiger partial charge in [-0.15, -0.1) is 0 Å². The summed E-state index contributed by atoms with van der Waals surface area (Å²) in [6, 6.07) is 0. The normalized spacial score (nSPS) is 20.1. The molecule has 0 saturated heterocycles. The first kappa shape index (κ1) is 27.4. The summed E-state index contributed by atoms with van der Waals surface area (Å²) in [6.45, 7) is 8.05. The number of amides is 2. The van der Waals surface area contributed by atoms with Crippen molar-refractivity contribution < 1.29 is 19.4 Å². The highest BCUT2D eigenvalue weighted by Crippen LogP contribution is 2.30. The number of hydrogen-bond acceptors (Lipinski definition) is 8. The second-order valence-electron chi connectivity index (χ2n) is 9.17. The van der Waals surface area contributed by atoms with E-state index in [9.17, 15) is 14.7 Å². The summed E-state index contributed by atoms with van der Waals surface area (Å²) in [4.78, 5) is 37.4. The third-order valence-electron chi connectivity index (χ3n) is 6.39. The van der Waals surface area contributed by atoms with E-state index in [1.807, 2.05) is 6.92 Å².